The van der Waals surface area contributed by atoms with Crippen LogP contribution in [0.1, 0.15) is 37.4 Å². The van der Waals surface area contributed by atoms with Gasteiger partial charge in [-0.05, 0) is 49.9 Å². The van der Waals surface area contributed by atoms with Gasteiger partial charge in [0.05, 0.1) is 18.5 Å². The Balaban J connectivity index is 2.00. The Morgan fingerprint density at radius 2 is 2.20 bits per heavy atom. The van der Waals surface area contributed by atoms with Crippen LogP contribution in [-0.2, 0) is 21.2 Å². The van der Waals surface area contributed by atoms with Gasteiger partial charge in [0, 0.05) is 6.04 Å². The van der Waals surface area contributed by atoms with Crippen molar-refractivity contribution in [2.75, 3.05) is 12.4 Å². The van der Waals surface area contributed by atoms with Crippen molar-refractivity contribution < 1.29 is 17.5 Å². The molecule has 0 saturated carbocycles. The molecule has 0 amide bonds. The maximum Gasteiger partial charge on any atom is 0.214 e. The van der Waals surface area contributed by atoms with Gasteiger partial charge >= 0.3 is 0 Å². The third kappa shape index (κ3) is 4.01. The van der Waals surface area contributed by atoms with Crippen LogP contribution in [0.25, 0.3) is 0 Å². The van der Waals surface area contributed by atoms with E-state index < -0.39 is 10.0 Å². The zero-order valence-electron chi connectivity index (χ0n) is 11.7. The molecule has 6 heteroatoms. The maximum atomic E-state index is 13.3. The molecular weight excluding hydrogens is 281 g/mol. The molecule has 0 saturated heterocycles. The predicted octanol–water partition coefficient (Wildman–Crippen LogP) is 2.16. The van der Waals surface area contributed by atoms with E-state index in [-0.39, 0.29) is 30.3 Å². The molecule has 112 valence electrons. The van der Waals surface area contributed by atoms with Gasteiger partial charge in [-0.3, -0.25) is 0 Å². The second-order valence-electron chi connectivity index (χ2n) is 5.29. The summed E-state index contributed by atoms with van der Waals surface area (Å²) < 4.78 is 45.1. The van der Waals surface area contributed by atoms with Crippen LogP contribution in [0.2, 0.25) is 0 Å². The van der Waals surface area contributed by atoms with Gasteiger partial charge in [0.25, 0.3) is 0 Å². The largest absolute Gasteiger partial charge is 0.378 e. The number of halogens is 1. The van der Waals surface area contributed by atoms with E-state index in [2.05, 4.69) is 4.72 Å². The third-order valence-corrected chi connectivity index (χ3v) is 4.66. The topological polar surface area (TPSA) is 55.4 Å². The molecule has 0 heterocycles. The molecule has 0 aromatic heterocycles. The van der Waals surface area contributed by atoms with Gasteiger partial charge < -0.3 is 4.74 Å². The van der Waals surface area contributed by atoms with Crippen molar-refractivity contribution >= 4 is 10.0 Å². The third-order valence-electron chi connectivity index (χ3n) is 3.31. The van der Waals surface area contributed by atoms with E-state index in [1.165, 1.54) is 12.1 Å². The standard InChI is InChI=1S/C14H20FNO3S/c1-10(2)19-7-8-20(17,18)16-14-6-4-11-3-5-12(15)9-13(11)14/h3,5,9-10,14,16H,4,6-8H2,1-2H3/t14-/m0/s1. The minimum absolute atomic E-state index is 0.00602. The average molecular weight is 301 g/mol. The first-order valence-electron chi connectivity index (χ1n) is 6.77. The van der Waals surface area contributed by atoms with Crippen LogP contribution in [-0.4, -0.2) is 26.9 Å². The van der Waals surface area contributed by atoms with Crippen molar-refractivity contribution in [3.63, 3.8) is 0 Å². The molecule has 0 fully saturated rings. The molecule has 0 bridgehead atoms. The Morgan fingerprint density at radius 1 is 1.45 bits per heavy atom. The molecular formula is C14H20FNO3S. The Hall–Kier alpha value is -0.980. The summed E-state index contributed by atoms with van der Waals surface area (Å²) in [5, 5.41) is 0. The molecule has 1 aromatic carbocycles. The number of ether oxygens (including phenoxy) is 1. The lowest BCUT2D eigenvalue weighted by molar-refractivity contribution is 0.0911. The van der Waals surface area contributed by atoms with E-state index in [1.807, 2.05) is 13.8 Å². The molecule has 1 atom stereocenters. The van der Waals surface area contributed by atoms with Crippen molar-refractivity contribution in [1.82, 2.24) is 4.72 Å². The Morgan fingerprint density at radius 3 is 2.90 bits per heavy atom. The second kappa shape index (κ2) is 6.20. The number of rotatable bonds is 6. The van der Waals surface area contributed by atoms with Crippen LogP contribution < -0.4 is 4.72 Å². The van der Waals surface area contributed by atoms with Crippen LogP contribution in [0.4, 0.5) is 4.39 Å². The smallest absolute Gasteiger partial charge is 0.214 e. The number of hydrogen-bond acceptors (Lipinski definition) is 3. The van der Waals surface area contributed by atoms with Gasteiger partial charge in [-0.2, -0.15) is 0 Å². The zero-order chi connectivity index (χ0) is 14.8. The average Bonchev–Trinajstić information content (AvgIpc) is 2.70. The highest BCUT2D eigenvalue weighted by Gasteiger charge is 2.26. The fourth-order valence-corrected chi connectivity index (χ4v) is 3.48. The predicted molar refractivity (Wildman–Crippen MR) is 75.5 cm³/mol. The lowest BCUT2D eigenvalue weighted by atomic mass is 10.1. The first kappa shape index (κ1) is 15.4. The highest BCUT2D eigenvalue weighted by Crippen LogP contribution is 2.32. The van der Waals surface area contributed by atoms with Gasteiger partial charge in [0.2, 0.25) is 10.0 Å². The molecule has 0 unspecified atom stereocenters. The summed E-state index contributed by atoms with van der Waals surface area (Å²) in [6.07, 6.45) is 1.44. The molecule has 1 aromatic rings. The van der Waals surface area contributed by atoms with Gasteiger partial charge in [-0.25, -0.2) is 17.5 Å². The molecule has 0 aliphatic heterocycles. The zero-order valence-corrected chi connectivity index (χ0v) is 12.5. The summed E-state index contributed by atoms with van der Waals surface area (Å²) in [7, 11) is -3.41. The summed E-state index contributed by atoms with van der Waals surface area (Å²) >= 11 is 0. The first-order valence-corrected chi connectivity index (χ1v) is 8.42. The number of nitrogens with one attached hydrogen (secondary N) is 1. The Bertz CT molecular complexity index is 572. The van der Waals surface area contributed by atoms with Gasteiger partial charge in [0.1, 0.15) is 5.82 Å². The molecule has 4 nitrogen and oxygen atoms in total. The van der Waals surface area contributed by atoms with Crippen molar-refractivity contribution in [2.24, 2.45) is 0 Å². The molecule has 2 rings (SSSR count). The van der Waals surface area contributed by atoms with Gasteiger partial charge in [0.15, 0.2) is 0 Å². The number of benzene rings is 1. The highest BCUT2D eigenvalue weighted by molar-refractivity contribution is 7.89. The molecule has 1 N–H and O–H groups in total. The van der Waals surface area contributed by atoms with E-state index in [1.54, 1.807) is 6.07 Å². The SMILES string of the molecule is CC(C)OCCS(=O)(=O)N[C@H]1CCc2ccc(F)cc21. The lowest BCUT2D eigenvalue weighted by Gasteiger charge is -2.15. The van der Waals surface area contributed by atoms with E-state index >= 15 is 0 Å². The van der Waals surface area contributed by atoms with Crippen LogP contribution in [0.5, 0.6) is 0 Å². The molecule has 1 aliphatic rings. The summed E-state index contributed by atoms with van der Waals surface area (Å²) in [5.74, 6) is -0.412. The van der Waals surface area contributed by atoms with E-state index in [0.29, 0.717) is 6.42 Å². The number of sulfonamides is 1. The van der Waals surface area contributed by atoms with Crippen molar-refractivity contribution in [1.29, 1.82) is 0 Å². The minimum atomic E-state index is -3.41. The van der Waals surface area contributed by atoms with Crippen LogP contribution in [0, 0.1) is 5.82 Å². The number of hydrogen-bond donors (Lipinski definition) is 1. The molecule has 0 radical (unpaired) electrons. The first-order chi connectivity index (χ1) is 9.37. The molecule has 0 spiro atoms. The maximum absolute atomic E-state index is 13.3. The van der Waals surface area contributed by atoms with E-state index in [4.69, 9.17) is 4.74 Å². The second-order valence-corrected chi connectivity index (χ2v) is 7.16. The van der Waals surface area contributed by atoms with E-state index in [9.17, 15) is 12.8 Å². The fourth-order valence-electron chi connectivity index (χ4n) is 2.36. The van der Waals surface area contributed by atoms with Crippen LogP contribution >= 0.6 is 0 Å². The summed E-state index contributed by atoms with van der Waals surface area (Å²) in [4.78, 5) is 0. The summed E-state index contributed by atoms with van der Waals surface area (Å²) in [6.45, 7) is 3.88. The van der Waals surface area contributed by atoms with Crippen LogP contribution in [0.3, 0.4) is 0 Å². The van der Waals surface area contributed by atoms with E-state index in [0.717, 1.165) is 17.5 Å². The van der Waals surface area contributed by atoms with Crippen molar-refractivity contribution in [2.45, 2.75) is 38.8 Å². The van der Waals surface area contributed by atoms with Crippen LogP contribution in [0.15, 0.2) is 18.2 Å². The number of fused-ring (bicyclic) bond motifs is 1. The minimum Gasteiger partial charge on any atom is -0.378 e. The molecule has 20 heavy (non-hydrogen) atoms. The summed E-state index contributed by atoms with van der Waals surface area (Å²) in [5.41, 5.74) is 1.76. The Kier molecular flexibility index (Phi) is 4.78. The number of aryl methyl sites for hydroxylation is 1. The fraction of sp³-hybridized carbons (Fsp3) is 0.571. The lowest BCUT2D eigenvalue weighted by Crippen LogP contribution is -2.31. The van der Waals surface area contributed by atoms with Gasteiger partial charge in [-0.1, -0.05) is 6.07 Å². The quantitative estimate of drug-likeness (QED) is 0.876. The monoisotopic (exact) mass is 301 g/mol. The summed E-state index contributed by atoms with van der Waals surface area (Å²) in [6, 6.07) is 4.22. The normalized spacial score (nSPS) is 18.5. The Labute approximate surface area is 119 Å². The molecule has 1 aliphatic carbocycles. The highest BCUT2D eigenvalue weighted by atomic mass is 32.2. The van der Waals surface area contributed by atoms with Gasteiger partial charge in [-0.15, -0.1) is 0 Å². The van der Waals surface area contributed by atoms with Crippen molar-refractivity contribution in [3.8, 4) is 0 Å². The van der Waals surface area contributed by atoms with Crippen molar-refractivity contribution in [3.05, 3.63) is 35.1 Å².